The number of nitro groups is 1. The molecule has 1 aromatic rings. The lowest BCUT2D eigenvalue weighted by Gasteiger charge is -2.26. The number of hydrogen-bond acceptors (Lipinski definition) is 5. The third-order valence-corrected chi connectivity index (χ3v) is 3.65. The molecule has 0 unspecified atom stereocenters. The number of nitro benzene ring substituents is 1. The van der Waals surface area contributed by atoms with Gasteiger partial charge in [0.15, 0.2) is 0 Å². The summed E-state index contributed by atoms with van der Waals surface area (Å²) in [5, 5.41) is 14.0. The molecule has 2 rings (SSSR count). The van der Waals surface area contributed by atoms with Gasteiger partial charge in [-0.3, -0.25) is 14.9 Å². The molecule has 1 fully saturated rings. The second-order valence-electron chi connectivity index (χ2n) is 4.63. The minimum absolute atomic E-state index is 0.00492. The largest absolute Gasteiger partial charge is 0.379 e. The predicted molar refractivity (Wildman–Crippen MR) is 81.3 cm³/mol. The fourth-order valence-electron chi connectivity index (χ4n) is 2.09. The summed E-state index contributed by atoms with van der Waals surface area (Å²) in [6.07, 6.45) is 0.718. The van der Waals surface area contributed by atoms with Crippen LogP contribution in [0.2, 0.25) is 0 Å². The van der Waals surface area contributed by atoms with Crippen LogP contribution >= 0.6 is 15.9 Å². The number of nitrogens with one attached hydrogen (secondary N) is 1. The summed E-state index contributed by atoms with van der Waals surface area (Å²) in [5.74, 6) is -0.00492. The lowest BCUT2D eigenvalue weighted by Crippen LogP contribution is -2.42. The van der Waals surface area contributed by atoms with Gasteiger partial charge in [0, 0.05) is 30.2 Å². The number of rotatable bonds is 6. The number of halogens is 1. The molecule has 0 atom stereocenters. The van der Waals surface area contributed by atoms with E-state index in [0.29, 0.717) is 31.9 Å². The van der Waals surface area contributed by atoms with Gasteiger partial charge in [-0.2, -0.15) is 0 Å². The topological polar surface area (TPSA) is 84.7 Å². The maximum absolute atomic E-state index is 11.5. The van der Waals surface area contributed by atoms with Gasteiger partial charge in [-0.15, -0.1) is 0 Å². The summed E-state index contributed by atoms with van der Waals surface area (Å²) in [6, 6.07) is 4.77. The van der Waals surface area contributed by atoms with E-state index in [-0.39, 0.29) is 18.2 Å². The molecule has 1 aromatic carbocycles. The summed E-state index contributed by atoms with van der Waals surface area (Å²) in [4.78, 5) is 23.8. The Morgan fingerprint density at radius 2 is 2.29 bits per heavy atom. The Morgan fingerprint density at radius 1 is 1.48 bits per heavy atom. The Labute approximate surface area is 130 Å². The van der Waals surface area contributed by atoms with Crippen LogP contribution < -0.4 is 5.32 Å². The number of morpholine rings is 1. The highest BCUT2D eigenvalue weighted by Gasteiger charge is 2.18. The molecule has 1 saturated heterocycles. The minimum atomic E-state index is -0.416. The first-order valence-electron chi connectivity index (χ1n) is 6.61. The van der Waals surface area contributed by atoms with Crippen molar-refractivity contribution in [2.24, 2.45) is 0 Å². The minimum Gasteiger partial charge on any atom is -0.379 e. The van der Waals surface area contributed by atoms with E-state index in [2.05, 4.69) is 21.2 Å². The monoisotopic (exact) mass is 357 g/mol. The van der Waals surface area contributed by atoms with Crippen molar-refractivity contribution in [2.45, 2.75) is 6.42 Å². The molecular weight excluding hydrogens is 342 g/mol. The lowest BCUT2D eigenvalue weighted by molar-refractivity contribution is -0.384. The van der Waals surface area contributed by atoms with Crippen molar-refractivity contribution >= 4 is 33.2 Å². The van der Waals surface area contributed by atoms with Crippen molar-refractivity contribution < 1.29 is 14.5 Å². The Balaban J connectivity index is 1.84. The molecule has 114 valence electrons. The summed E-state index contributed by atoms with van der Waals surface area (Å²) in [6.45, 7) is 2.50. The van der Waals surface area contributed by atoms with Crippen LogP contribution in [0.3, 0.4) is 0 Å². The van der Waals surface area contributed by atoms with Gasteiger partial charge in [0.1, 0.15) is 12.3 Å². The lowest BCUT2D eigenvalue weighted by atomic mass is 10.2. The van der Waals surface area contributed by atoms with E-state index in [9.17, 15) is 14.9 Å². The number of carbonyl (C=O) groups excluding carboxylic acids is 1. The van der Waals surface area contributed by atoms with Crippen molar-refractivity contribution in [2.75, 3.05) is 38.2 Å². The Morgan fingerprint density at radius 3 is 3.00 bits per heavy atom. The average molecular weight is 358 g/mol. The molecule has 8 heteroatoms. The van der Waals surface area contributed by atoms with Crippen LogP contribution in [-0.4, -0.2) is 48.6 Å². The maximum atomic E-state index is 11.5. The molecule has 0 spiro atoms. The van der Waals surface area contributed by atoms with Gasteiger partial charge in [0.05, 0.1) is 11.5 Å². The highest BCUT2D eigenvalue weighted by atomic mass is 79.9. The normalized spacial score (nSPS) is 15.1. The van der Waals surface area contributed by atoms with E-state index in [1.165, 1.54) is 6.07 Å². The first-order valence-corrected chi connectivity index (χ1v) is 7.40. The number of benzene rings is 1. The van der Waals surface area contributed by atoms with Crippen LogP contribution in [0.5, 0.6) is 0 Å². The molecule has 0 aromatic heterocycles. The van der Waals surface area contributed by atoms with E-state index >= 15 is 0 Å². The van der Waals surface area contributed by atoms with Crippen molar-refractivity contribution in [3.8, 4) is 0 Å². The summed E-state index contributed by atoms with van der Waals surface area (Å²) in [7, 11) is 0. The number of anilines is 1. The molecule has 21 heavy (non-hydrogen) atoms. The Kier molecular flexibility index (Phi) is 5.51. The van der Waals surface area contributed by atoms with Crippen LogP contribution in [0.4, 0.5) is 11.4 Å². The molecule has 7 nitrogen and oxygen atoms in total. The molecule has 0 radical (unpaired) electrons. The summed E-state index contributed by atoms with van der Waals surface area (Å²) in [5.41, 5.74) is 0.517. The van der Waals surface area contributed by atoms with Gasteiger partial charge in [0.25, 0.3) is 5.69 Å². The zero-order chi connectivity index (χ0) is 15.2. The molecule has 0 bridgehead atoms. The van der Waals surface area contributed by atoms with E-state index in [0.717, 1.165) is 10.9 Å². The summed E-state index contributed by atoms with van der Waals surface area (Å²) >= 11 is 3.30. The fourth-order valence-corrected chi connectivity index (χ4v) is 2.45. The van der Waals surface area contributed by atoms with Crippen molar-refractivity contribution in [1.82, 2.24) is 4.90 Å². The first kappa shape index (κ1) is 15.7. The number of nitrogens with zero attached hydrogens (tertiary/aromatic N) is 2. The molecule has 0 saturated carbocycles. The Bertz CT molecular complexity index is 538. The molecule has 0 aliphatic carbocycles. The Hall–Kier alpha value is -1.67. The molecular formula is C13H16BrN3O4. The number of ether oxygens (including phenoxy) is 1. The molecule has 1 amide bonds. The van der Waals surface area contributed by atoms with Crippen LogP contribution in [0.15, 0.2) is 22.7 Å². The van der Waals surface area contributed by atoms with E-state index in [1.807, 2.05) is 0 Å². The smallest absolute Gasteiger partial charge is 0.292 e. The highest BCUT2D eigenvalue weighted by Crippen LogP contribution is 2.27. The number of carbonyl (C=O) groups is 1. The zero-order valence-electron chi connectivity index (χ0n) is 11.4. The SMILES string of the molecule is O=C1COCCN1CCCNc1cc(Br)ccc1[N+](=O)[O-]. The van der Waals surface area contributed by atoms with E-state index in [1.54, 1.807) is 17.0 Å². The second-order valence-corrected chi connectivity index (χ2v) is 5.55. The summed E-state index contributed by atoms with van der Waals surface area (Å²) < 4.78 is 5.83. The molecule has 1 heterocycles. The van der Waals surface area contributed by atoms with Crippen molar-refractivity contribution in [1.29, 1.82) is 0 Å². The number of hydrogen-bond donors (Lipinski definition) is 1. The zero-order valence-corrected chi connectivity index (χ0v) is 13.0. The van der Waals surface area contributed by atoms with Crippen LogP contribution in [0, 0.1) is 10.1 Å². The van der Waals surface area contributed by atoms with E-state index < -0.39 is 4.92 Å². The third kappa shape index (κ3) is 4.40. The average Bonchev–Trinajstić information content (AvgIpc) is 2.45. The van der Waals surface area contributed by atoms with Gasteiger partial charge < -0.3 is 15.0 Å². The highest BCUT2D eigenvalue weighted by molar-refractivity contribution is 9.10. The standard InChI is InChI=1S/C13H16BrN3O4/c14-10-2-3-12(17(19)20)11(8-10)15-4-1-5-16-6-7-21-9-13(16)18/h2-3,8,15H,1,4-7,9H2. The van der Waals surface area contributed by atoms with Crippen LogP contribution in [0.25, 0.3) is 0 Å². The molecule has 1 aliphatic rings. The van der Waals surface area contributed by atoms with Crippen molar-refractivity contribution in [3.05, 3.63) is 32.8 Å². The third-order valence-electron chi connectivity index (χ3n) is 3.16. The predicted octanol–water partition coefficient (Wildman–Crippen LogP) is 2.02. The maximum Gasteiger partial charge on any atom is 0.292 e. The van der Waals surface area contributed by atoms with Gasteiger partial charge in [-0.25, -0.2) is 0 Å². The van der Waals surface area contributed by atoms with Gasteiger partial charge >= 0.3 is 0 Å². The van der Waals surface area contributed by atoms with E-state index in [4.69, 9.17) is 4.74 Å². The first-order chi connectivity index (χ1) is 10.1. The second kappa shape index (κ2) is 7.37. The fraction of sp³-hybridized carbons (Fsp3) is 0.462. The molecule has 1 aliphatic heterocycles. The quantitative estimate of drug-likeness (QED) is 0.478. The van der Waals surface area contributed by atoms with Crippen LogP contribution in [0.1, 0.15) is 6.42 Å². The molecule has 1 N–H and O–H groups in total. The number of amides is 1. The van der Waals surface area contributed by atoms with Gasteiger partial charge in [0.2, 0.25) is 5.91 Å². The van der Waals surface area contributed by atoms with Gasteiger partial charge in [-0.05, 0) is 18.6 Å². The van der Waals surface area contributed by atoms with Crippen molar-refractivity contribution in [3.63, 3.8) is 0 Å². The van der Waals surface area contributed by atoms with Gasteiger partial charge in [-0.1, -0.05) is 15.9 Å². The van der Waals surface area contributed by atoms with Crippen LogP contribution in [-0.2, 0) is 9.53 Å².